The van der Waals surface area contributed by atoms with Gasteiger partial charge in [-0.1, -0.05) is 43.2 Å². The van der Waals surface area contributed by atoms with Crippen molar-refractivity contribution in [1.82, 2.24) is 0 Å². The first-order valence-electron chi connectivity index (χ1n) is 5.04. The van der Waals surface area contributed by atoms with Crippen LogP contribution in [0.4, 0.5) is 0 Å². The molecule has 0 aliphatic carbocycles. The maximum Gasteiger partial charge on any atom is -0.0279 e. The first-order valence-corrected chi connectivity index (χ1v) is 7.27. The molecule has 0 unspecified atom stereocenters. The molecule has 0 saturated heterocycles. The Balaban J connectivity index is 2.50. The summed E-state index contributed by atoms with van der Waals surface area (Å²) in [6.07, 6.45) is 4.70. The Kier molecular flexibility index (Phi) is 6.08. The van der Waals surface area contributed by atoms with E-state index in [0.717, 1.165) is 14.3 Å². The van der Waals surface area contributed by atoms with Gasteiger partial charge in [0.05, 0.1) is 0 Å². The molecular formula is C12H16P2-2. The number of rotatable bonds is 5. The SMILES string of the molecule is CCCCc1ccc(C[C-]=P[PH-])cc1. The largest absolute Gasteiger partial charge is 0.538 e. The van der Waals surface area contributed by atoms with Crippen LogP contribution in [-0.4, -0.2) is 5.80 Å². The summed E-state index contributed by atoms with van der Waals surface area (Å²) < 4.78 is 0. The van der Waals surface area contributed by atoms with Gasteiger partial charge < -0.3 is 22.6 Å². The van der Waals surface area contributed by atoms with Crippen molar-refractivity contribution in [1.29, 1.82) is 0 Å². The number of benzene rings is 1. The van der Waals surface area contributed by atoms with Gasteiger partial charge in [-0.15, -0.1) is 0 Å². The van der Waals surface area contributed by atoms with Gasteiger partial charge in [-0.25, -0.2) is 0 Å². The molecule has 14 heavy (non-hydrogen) atoms. The van der Waals surface area contributed by atoms with Crippen molar-refractivity contribution >= 4 is 22.6 Å². The third-order valence-electron chi connectivity index (χ3n) is 2.20. The molecule has 1 aromatic rings. The minimum atomic E-state index is 0.930. The van der Waals surface area contributed by atoms with Gasteiger partial charge in [0.1, 0.15) is 0 Å². The summed E-state index contributed by atoms with van der Waals surface area (Å²) >= 11 is 0. The van der Waals surface area contributed by atoms with Crippen LogP contribution in [0.1, 0.15) is 30.9 Å². The van der Waals surface area contributed by atoms with E-state index in [4.69, 9.17) is 0 Å². The van der Waals surface area contributed by atoms with E-state index >= 15 is 0 Å². The monoisotopic (exact) mass is 222 g/mol. The molecule has 0 atom stereocenters. The van der Waals surface area contributed by atoms with Gasteiger partial charge in [0, 0.05) is 0 Å². The van der Waals surface area contributed by atoms with E-state index in [1.54, 1.807) is 0 Å². The summed E-state index contributed by atoms with van der Waals surface area (Å²) in [6.45, 7) is 2.23. The van der Waals surface area contributed by atoms with Gasteiger partial charge in [-0.3, -0.25) is 0 Å². The predicted molar refractivity (Wildman–Crippen MR) is 69.0 cm³/mol. The fraction of sp³-hybridized carbons (Fsp3) is 0.417. The number of hydrogen-bond donors (Lipinski definition) is 0. The van der Waals surface area contributed by atoms with E-state index in [9.17, 15) is 0 Å². The quantitative estimate of drug-likeness (QED) is 0.516. The minimum Gasteiger partial charge on any atom is -0.538 e. The molecule has 0 saturated carbocycles. The molecule has 0 aliphatic rings. The lowest BCUT2D eigenvalue weighted by molar-refractivity contribution is 0.795. The van der Waals surface area contributed by atoms with E-state index in [1.165, 1.54) is 30.4 Å². The second-order valence-electron chi connectivity index (χ2n) is 3.37. The van der Waals surface area contributed by atoms with Crippen molar-refractivity contribution in [2.24, 2.45) is 0 Å². The standard InChI is InChI=1S/C12H16P2/c1-2-3-4-11-5-7-12(8-6-11)9-10-14-13/h5-8,13H,2-4,9H2,1H3/q-2. The molecule has 0 fully saturated rings. The van der Waals surface area contributed by atoms with Crippen molar-refractivity contribution in [3.8, 4) is 0 Å². The smallest absolute Gasteiger partial charge is 0.0279 e. The van der Waals surface area contributed by atoms with E-state index in [2.05, 4.69) is 45.9 Å². The third-order valence-corrected chi connectivity index (χ3v) is 2.99. The summed E-state index contributed by atoms with van der Waals surface area (Å²) in [5.41, 5.74) is 2.79. The van der Waals surface area contributed by atoms with Crippen LogP contribution in [0, 0.1) is 0 Å². The molecule has 0 nitrogen and oxygen atoms in total. The highest BCUT2D eigenvalue weighted by Gasteiger charge is 1.90. The molecule has 1 rings (SSSR count). The Morgan fingerprint density at radius 2 is 1.86 bits per heavy atom. The molecular weight excluding hydrogens is 206 g/mol. The van der Waals surface area contributed by atoms with Crippen LogP contribution in [0.5, 0.6) is 0 Å². The van der Waals surface area contributed by atoms with Gasteiger partial charge in [0.25, 0.3) is 0 Å². The highest BCUT2D eigenvalue weighted by atomic mass is 32.0. The normalized spacial score (nSPS) is 11.0. The summed E-state index contributed by atoms with van der Waals surface area (Å²) in [5.74, 6) is 3.21. The molecule has 0 heterocycles. The molecule has 0 bridgehead atoms. The van der Waals surface area contributed by atoms with E-state index in [1.807, 2.05) is 0 Å². The average molecular weight is 222 g/mol. The Labute approximate surface area is 91.0 Å². The Morgan fingerprint density at radius 3 is 2.43 bits per heavy atom. The van der Waals surface area contributed by atoms with Crippen molar-refractivity contribution in [2.45, 2.75) is 32.6 Å². The molecule has 76 valence electrons. The highest BCUT2D eigenvalue weighted by molar-refractivity contribution is 8.01. The molecule has 1 aromatic carbocycles. The van der Waals surface area contributed by atoms with Gasteiger partial charge in [0.2, 0.25) is 0 Å². The van der Waals surface area contributed by atoms with Crippen LogP contribution in [0.2, 0.25) is 0 Å². The fourth-order valence-electron chi connectivity index (χ4n) is 1.34. The van der Waals surface area contributed by atoms with Crippen LogP contribution in [0.25, 0.3) is 0 Å². The molecule has 2 heteroatoms. The van der Waals surface area contributed by atoms with Crippen LogP contribution >= 0.6 is 16.8 Å². The van der Waals surface area contributed by atoms with Gasteiger partial charge in [-0.05, 0) is 18.4 Å². The van der Waals surface area contributed by atoms with Crippen LogP contribution in [-0.2, 0) is 12.8 Å². The highest BCUT2D eigenvalue weighted by Crippen LogP contribution is 2.10. The summed E-state index contributed by atoms with van der Waals surface area (Å²) in [6, 6.07) is 8.87. The second-order valence-corrected chi connectivity index (χ2v) is 4.58. The Morgan fingerprint density at radius 1 is 1.21 bits per heavy atom. The number of unbranched alkanes of at least 4 members (excludes halogenated alkanes) is 1. The number of aryl methyl sites for hydroxylation is 1. The molecule has 0 N–H and O–H groups in total. The zero-order chi connectivity index (χ0) is 10.2. The lowest BCUT2D eigenvalue weighted by Crippen LogP contribution is -1.87. The van der Waals surface area contributed by atoms with E-state index in [0.29, 0.717) is 0 Å². The van der Waals surface area contributed by atoms with Crippen LogP contribution in [0.15, 0.2) is 24.3 Å². The average Bonchev–Trinajstić information content (AvgIpc) is 2.25. The van der Waals surface area contributed by atoms with E-state index in [-0.39, 0.29) is 0 Å². The van der Waals surface area contributed by atoms with Gasteiger partial charge in [-0.2, -0.15) is 6.42 Å². The Hall–Kier alpha value is -0.180. The first kappa shape index (κ1) is 11.9. The topological polar surface area (TPSA) is 0 Å². The van der Waals surface area contributed by atoms with E-state index < -0.39 is 0 Å². The van der Waals surface area contributed by atoms with Gasteiger partial charge in [0.15, 0.2) is 0 Å². The van der Waals surface area contributed by atoms with Crippen LogP contribution < -0.4 is 0 Å². The van der Waals surface area contributed by atoms with Crippen molar-refractivity contribution in [3.05, 3.63) is 35.4 Å². The fourth-order valence-corrected chi connectivity index (χ4v) is 1.83. The maximum absolute atomic E-state index is 3.36. The summed E-state index contributed by atoms with van der Waals surface area (Å²) in [7, 11) is 4.41. The van der Waals surface area contributed by atoms with Crippen molar-refractivity contribution in [2.75, 3.05) is 0 Å². The third kappa shape index (κ3) is 4.36. The molecule has 0 amide bonds. The number of hydrogen-bond acceptors (Lipinski definition) is 0. The lowest BCUT2D eigenvalue weighted by atomic mass is 10.1. The van der Waals surface area contributed by atoms with Crippen LogP contribution in [0.3, 0.4) is 0 Å². The maximum atomic E-state index is 3.36. The van der Waals surface area contributed by atoms with Crippen molar-refractivity contribution < 1.29 is 0 Å². The molecule has 0 aliphatic heterocycles. The summed E-state index contributed by atoms with van der Waals surface area (Å²) in [4.78, 5) is 0. The predicted octanol–water partition coefficient (Wildman–Crippen LogP) is 4.25. The van der Waals surface area contributed by atoms with Crippen molar-refractivity contribution in [3.63, 3.8) is 0 Å². The molecule has 0 radical (unpaired) electrons. The Bertz CT molecular complexity index is 275. The second kappa shape index (κ2) is 7.16. The van der Waals surface area contributed by atoms with Gasteiger partial charge >= 0.3 is 0 Å². The first-order chi connectivity index (χ1) is 6.86. The lowest BCUT2D eigenvalue weighted by Gasteiger charge is -2.09. The summed E-state index contributed by atoms with van der Waals surface area (Å²) in [5, 5.41) is 0. The molecule has 0 aromatic heterocycles. The molecule has 0 spiro atoms. The zero-order valence-corrected chi connectivity index (χ0v) is 10.5. The minimum absolute atomic E-state index is 0.930. The zero-order valence-electron chi connectivity index (χ0n) is 8.59.